The Morgan fingerprint density at radius 3 is 2.59 bits per heavy atom. The van der Waals surface area contributed by atoms with Gasteiger partial charge in [-0.1, -0.05) is 49.0 Å². The minimum atomic E-state index is -2.45. The minimum Gasteiger partial charge on any atom is -0.368 e. The molecule has 7 nitrogen and oxygen atoms in total. The molecule has 1 aliphatic rings. The topological polar surface area (TPSA) is 119 Å². The van der Waals surface area contributed by atoms with Gasteiger partial charge in [0.1, 0.15) is 28.2 Å². The van der Waals surface area contributed by atoms with Gasteiger partial charge >= 0.3 is 0 Å². The smallest absolute Gasteiger partial charge is 0.250 e. The Bertz CT molecular complexity index is 1100. The van der Waals surface area contributed by atoms with Crippen molar-refractivity contribution in [1.82, 2.24) is 10.3 Å². The molecule has 1 aliphatic heterocycles. The van der Waals surface area contributed by atoms with Gasteiger partial charge in [0.15, 0.2) is 0 Å². The van der Waals surface area contributed by atoms with Crippen LogP contribution in [-0.4, -0.2) is 43.0 Å². The molecule has 0 saturated carbocycles. The van der Waals surface area contributed by atoms with Gasteiger partial charge in [0.25, 0.3) is 6.43 Å². The van der Waals surface area contributed by atoms with Crippen LogP contribution in [0.2, 0.25) is 0 Å². The number of carbonyl (C=O) groups excluding carboxylic acids is 1. The van der Waals surface area contributed by atoms with Crippen molar-refractivity contribution in [3.8, 4) is 12.1 Å². The number of anilines is 1. The van der Waals surface area contributed by atoms with Crippen LogP contribution in [-0.2, 0) is 11.2 Å². The summed E-state index contributed by atoms with van der Waals surface area (Å²) in [5.74, 6) is -0.166. The number of nitrogens with one attached hydrogen (secondary N) is 1. The Hall–Kier alpha value is -3.21. The van der Waals surface area contributed by atoms with Crippen molar-refractivity contribution in [2.24, 2.45) is 5.73 Å². The number of primary amides is 1. The Morgan fingerprint density at radius 2 is 2.00 bits per heavy atom. The zero-order chi connectivity index (χ0) is 24.7. The van der Waals surface area contributed by atoms with Crippen LogP contribution in [0.25, 0.3) is 0 Å². The Balaban J connectivity index is 2.04. The second-order valence-electron chi connectivity index (χ2n) is 7.94. The summed E-state index contributed by atoms with van der Waals surface area (Å²) in [5.41, 5.74) is 7.47. The van der Waals surface area contributed by atoms with E-state index < -0.39 is 24.1 Å². The summed E-state index contributed by atoms with van der Waals surface area (Å²) in [6, 6.07) is 13.2. The number of nitrogens with two attached hydrogens (primary N) is 1. The van der Waals surface area contributed by atoms with E-state index in [0.29, 0.717) is 47.0 Å². The molecule has 178 valence electrons. The number of thioether (sulfide) groups is 1. The third kappa shape index (κ3) is 5.82. The molecule has 0 aliphatic carbocycles. The lowest BCUT2D eigenvalue weighted by Crippen LogP contribution is -2.47. The first kappa shape index (κ1) is 25.4. The molecule has 1 amide bonds. The molecule has 1 saturated heterocycles. The molecule has 0 radical (unpaired) electrons. The average molecular weight is 485 g/mol. The molecule has 0 spiro atoms. The first-order chi connectivity index (χ1) is 16.4. The zero-order valence-electron chi connectivity index (χ0n) is 18.8. The number of aromatic nitrogens is 1. The number of pyridine rings is 1. The van der Waals surface area contributed by atoms with Crippen LogP contribution in [0.5, 0.6) is 0 Å². The molecule has 2 heterocycles. The average Bonchev–Trinajstić information content (AvgIpc) is 2.85. The van der Waals surface area contributed by atoms with Gasteiger partial charge < -0.3 is 16.0 Å². The van der Waals surface area contributed by atoms with Gasteiger partial charge in [0, 0.05) is 19.1 Å². The lowest BCUT2D eigenvalue weighted by molar-refractivity contribution is -0.117. The predicted molar refractivity (Wildman–Crippen MR) is 127 cm³/mol. The normalized spacial score (nSPS) is 16.6. The standard InChI is InChI=1S/C24H26F2N6OS/c1-2-17-18(11-27)23(32-10-6-9-16(14-32)30-13-20(25)26)31-24(19(17)12-28)34-21(22(29)33)15-7-4-3-5-8-15/h3-5,7-8,16,20-21,30H,2,6,9-10,13-14H2,1H3,(H2,29,33). The van der Waals surface area contributed by atoms with E-state index in [1.807, 2.05) is 17.9 Å². The predicted octanol–water partition coefficient (Wildman–Crippen LogP) is 3.53. The number of nitrogens with zero attached hydrogens (tertiary/aromatic N) is 4. The van der Waals surface area contributed by atoms with Gasteiger partial charge in [-0.05, 0) is 30.4 Å². The third-order valence-electron chi connectivity index (χ3n) is 5.70. The minimum absolute atomic E-state index is 0.171. The summed E-state index contributed by atoms with van der Waals surface area (Å²) in [5, 5.41) is 22.3. The van der Waals surface area contributed by atoms with Crippen LogP contribution < -0.4 is 16.0 Å². The number of rotatable bonds is 9. The van der Waals surface area contributed by atoms with E-state index in [1.54, 1.807) is 24.3 Å². The molecule has 3 N–H and O–H groups in total. The molecule has 2 unspecified atom stereocenters. The van der Waals surface area contributed by atoms with Crippen molar-refractivity contribution < 1.29 is 13.6 Å². The van der Waals surface area contributed by atoms with Gasteiger partial charge in [-0.15, -0.1) is 0 Å². The van der Waals surface area contributed by atoms with E-state index in [1.165, 1.54) is 0 Å². The van der Waals surface area contributed by atoms with Crippen LogP contribution in [0, 0.1) is 22.7 Å². The number of hydrogen-bond donors (Lipinski definition) is 2. The number of carbonyl (C=O) groups is 1. The maximum Gasteiger partial charge on any atom is 0.250 e. The fourth-order valence-electron chi connectivity index (χ4n) is 4.12. The van der Waals surface area contributed by atoms with Crippen molar-refractivity contribution in [3.05, 3.63) is 52.6 Å². The van der Waals surface area contributed by atoms with Crippen molar-refractivity contribution in [2.75, 3.05) is 24.5 Å². The van der Waals surface area contributed by atoms with Crippen molar-refractivity contribution in [2.45, 2.75) is 48.9 Å². The van der Waals surface area contributed by atoms with Crippen molar-refractivity contribution in [1.29, 1.82) is 10.5 Å². The van der Waals surface area contributed by atoms with Crippen LogP contribution in [0.15, 0.2) is 35.4 Å². The van der Waals surface area contributed by atoms with Gasteiger partial charge in [-0.25, -0.2) is 13.8 Å². The first-order valence-electron chi connectivity index (χ1n) is 11.0. The molecule has 10 heteroatoms. The molecule has 0 bridgehead atoms. The van der Waals surface area contributed by atoms with Gasteiger partial charge in [0.2, 0.25) is 5.91 Å². The number of amides is 1. The molecule has 34 heavy (non-hydrogen) atoms. The van der Waals surface area contributed by atoms with Crippen LogP contribution in [0.4, 0.5) is 14.6 Å². The third-order valence-corrected chi connectivity index (χ3v) is 6.96. The second kappa shape index (κ2) is 11.8. The van der Waals surface area contributed by atoms with Crippen LogP contribution >= 0.6 is 11.8 Å². The SMILES string of the molecule is CCc1c(C#N)c(SC(C(N)=O)c2ccccc2)nc(N2CCCC(NCC(F)F)C2)c1C#N. The Kier molecular flexibility index (Phi) is 8.80. The monoisotopic (exact) mass is 484 g/mol. The van der Waals surface area contributed by atoms with Gasteiger partial charge in [-0.2, -0.15) is 10.5 Å². The second-order valence-corrected chi connectivity index (χ2v) is 9.04. The number of alkyl halides is 2. The highest BCUT2D eigenvalue weighted by Gasteiger charge is 2.29. The van der Waals surface area contributed by atoms with Gasteiger partial charge in [-0.3, -0.25) is 4.79 Å². The number of hydrogen-bond acceptors (Lipinski definition) is 7. The maximum absolute atomic E-state index is 12.7. The lowest BCUT2D eigenvalue weighted by atomic mass is 10.00. The summed E-state index contributed by atoms with van der Waals surface area (Å²) >= 11 is 1.08. The quantitative estimate of drug-likeness (QED) is 0.523. The van der Waals surface area contributed by atoms with Gasteiger partial charge in [0.05, 0.1) is 17.7 Å². The fraction of sp³-hybridized carbons (Fsp3) is 0.417. The summed E-state index contributed by atoms with van der Waals surface area (Å²) in [6.45, 7) is 2.46. The Morgan fingerprint density at radius 1 is 1.29 bits per heavy atom. The summed E-state index contributed by atoms with van der Waals surface area (Å²) in [7, 11) is 0. The number of piperidine rings is 1. The number of halogens is 2. The maximum atomic E-state index is 12.7. The molecule has 3 rings (SSSR count). The molecule has 2 atom stereocenters. The van der Waals surface area contributed by atoms with Crippen molar-refractivity contribution in [3.63, 3.8) is 0 Å². The van der Waals surface area contributed by atoms with E-state index in [-0.39, 0.29) is 11.6 Å². The molecular weight excluding hydrogens is 458 g/mol. The summed E-state index contributed by atoms with van der Waals surface area (Å²) in [6.07, 6.45) is -0.550. The van der Waals surface area contributed by atoms with E-state index in [9.17, 15) is 24.1 Å². The lowest BCUT2D eigenvalue weighted by Gasteiger charge is -2.35. The van der Waals surface area contributed by atoms with Crippen molar-refractivity contribution >= 4 is 23.5 Å². The Labute approximate surface area is 201 Å². The number of benzene rings is 1. The highest BCUT2D eigenvalue weighted by atomic mass is 32.2. The zero-order valence-corrected chi connectivity index (χ0v) is 19.6. The van der Waals surface area contributed by atoms with Crippen LogP contribution in [0.1, 0.15) is 47.3 Å². The molecule has 1 fully saturated rings. The molecule has 2 aromatic rings. The molecular formula is C24H26F2N6OS. The molecule has 1 aromatic heterocycles. The van der Waals surface area contributed by atoms with E-state index in [0.717, 1.165) is 24.6 Å². The number of nitriles is 2. The fourth-order valence-corrected chi connectivity index (χ4v) is 5.18. The van der Waals surface area contributed by atoms with Crippen LogP contribution in [0.3, 0.4) is 0 Å². The van der Waals surface area contributed by atoms with E-state index in [4.69, 9.17) is 5.73 Å². The largest absolute Gasteiger partial charge is 0.368 e. The molecule has 1 aromatic carbocycles. The first-order valence-corrected chi connectivity index (χ1v) is 11.9. The highest BCUT2D eigenvalue weighted by Crippen LogP contribution is 2.39. The summed E-state index contributed by atoms with van der Waals surface area (Å²) in [4.78, 5) is 18.9. The highest BCUT2D eigenvalue weighted by molar-refractivity contribution is 8.00. The van der Waals surface area contributed by atoms with E-state index in [2.05, 4.69) is 22.4 Å². The summed E-state index contributed by atoms with van der Waals surface area (Å²) < 4.78 is 25.4. The van der Waals surface area contributed by atoms with E-state index >= 15 is 0 Å².